The highest BCUT2D eigenvalue weighted by Gasteiger charge is 2.12. The molecular formula is C10H11N3O. The molecule has 0 aliphatic rings. The summed E-state index contributed by atoms with van der Waals surface area (Å²) >= 11 is 0. The number of carbonyl (C=O) groups is 1. The average molecular weight is 189 g/mol. The van der Waals surface area contributed by atoms with Crippen LogP contribution in [0.4, 0.5) is 0 Å². The van der Waals surface area contributed by atoms with E-state index in [2.05, 4.69) is 10.1 Å². The molecule has 2 aromatic rings. The second kappa shape index (κ2) is 3.21. The molecule has 2 aromatic heterocycles. The van der Waals surface area contributed by atoms with E-state index in [1.54, 1.807) is 17.6 Å². The molecule has 4 nitrogen and oxygen atoms in total. The minimum Gasteiger partial charge on any atom is -0.299 e. The maximum Gasteiger partial charge on any atom is 0.155 e. The molecule has 0 fully saturated rings. The van der Waals surface area contributed by atoms with Gasteiger partial charge in [0.15, 0.2) is 5.65 Å². The molecule has 0 saturated carbocycles. The van der Waals surface area contributed by atoms with Crippen LogP contribution in [0.25, 0.3) is 5.65 Å². The van der Waals surface area contributed by atoms with Crippen LogP contribution in [0.1, 0.15) is 25.5 Å². The largest absolute Gasteiger partial charge is 0.299 e. The Kier molecular flexibility index (Phi) is 2.04. The Morgan fingerprint density at radius 2 is 2.29 bits per heavy atom. The van der Waals surface area contributed by atoms with Crippen molar-refractivity contribution in [2.24, 2.45) is 0 Å². The third-order valence-corrected chi connectivity index (χ3v) is 2.33. The van der Waals surface area contributed by atoms with Crippen molar-refractivity contribution in [2.45, 2.75) is 19.8 Å². The zero-order valence-corrected chi connectivity index (χ0v) is 8.14. The first-order valence-electron chi connectivity index (χ1n) is 4.49. The molecular weight excluding hydrogens is 178 g/mol. The second-order valence-corrected chi connectivity index (χ2v) is 3.32. The van der Waals surface area contributed by atoms with Gasteiger partial charge in [0.25, 0.3) is 0 Å². The van der Waals surface area contributed by atoms with Crippen LogP contribution in [0.5, 0.6) is 0 Å². The Balaban J connectivity index is 2.48. The van der Waals surface area contributed by atoms with Crippen LogP contribution in [0.15, 0.2) is 24.5 Å². The highest BCUT2D eigenvalue weighted by Crippen LogP contribution is 2.13. The number of hydrogen-bond acceptors (Lipinski definition) is 3. The summed E-state index contributed by atoms with van der Waals surface area (Å²) in [5.74, 6) is -0.0173. The van der Waals surface area contributed by atoms with E-state index >= 15 is 0 Å². The standard InChI is InChI=1S/C10H11N3O/c1-7(8(2)14)9-4-6-13-10(12-9)3-5-11-13/h3-7H,1-2H3. The number of aromatic nitrogens is 3. The van der Waals surface area contributed by atoms with Gasteiger partial charge in [-0.1, -0.05) is 0 Å². The molecule has 0 aliphatic carbocycles. The van der Waals surface area contributed by atoms with Gasteiger partial charge in [0.2, 0.25) is 0 Å². The smallest absolute Gasteiger partial charge is 0.155 e. The molecule has 0 aliphatic heterocycles. The Hall–Kier alpha value is -1.71. The monoisotopic (exact) mass is 189 g/mol. The van der Waals surface area contributed by atoms with Gasteiger partial charge in [0.1, 0.15) is 5.78 Å². The third kappa shape index (κ3) is 1.39. The first-order valence-corrected chi connectivity index (χ1v) is 4.49. The van der Waals surface area contributed by atoms with Crippen molar-refractivity contribution in [3.63, 3.8) is 0 Å². The third-order valence-electron chi connectivity index (χ3n) is 2.33. The first-order chi connectivity index (χ1) is 6.68. The molecule has 0 bridgehead atoms. The predicted molar refractivity (Wildman–Crippen MR) is 52.1 cm³/mol. The van der Waals surface area contributed by atoms with E-state index in [0.29, 0.717) is 0 Å². The number of nitrogens with zero attached hydrogens (tertiary/aromatic N) is 3. The van der Waals surface area contributed by atoms with Crippen molar-refractivity contribution in [3.05, 3.63) is 30.2 Å². The van der Waals surface area contributed by atoms with Crippen molar-refractivity contribution in [1.82, 2.24) is 14.6 Å². The molecule has 0 radical (unpaired) electrons. The quantitative estimate of drug-likeness (QED) is 0.717. The highest BCUT2D eigenvalue weighted by atomic mass is 16.1. The minimum atomic E-state index is -0.144. The van der Waals surface area contributed by atoms with Crippen LogP contribution in [0.3, 0.4) is 0 Å². The second-order valence-electron chi connectivity index (χ2n) is 3.32. The summed E-state index contributed by atoms with van der Waals surface area (Å²) < 4.78 is 1.68. The number of ketones is 1. The van der Waals surface area contributed by atoms with Gasteiger partial charge in [-0.2, -0.15) is 5.10 Å². The fraction of sp³-hybridized carbons (Fsp3) is 0.300. The number of hydrogen-bond donors (Lipinski definition) is 0. The molecule has 1 atom stereocenters. The molecule has 14 heavy (non-hydrogen) atoms. The summed E-state index contributed by atoms with van der Waals surface area (Å²) in [6, 6.07) is 3.64. The number of Topliss-reactive ketones (excluding diaryl/α,β-unsaturated/α-hetero) is 1. The van der Waals surface area contributed by atoms with Crippen molar-refractivity contribution in [3.8, 4) is 0 Å². The van der Waals surface area contributed by atoms with Gasteiger partial charge in [-0.3, -0.25) is 4.79 Å². The zero-order chi connectivity index (χ0) is 10.1. The highest BCUT2D eigenvalue weighted by molar-refractivity contribution is 5.82. The van der Waals surface area contributed by atoms with Gasteiger partial charge in [0, 0.05) is 12.3 Å². The van der Waals surface area contributed by atoms with Crippen LogP contribution in [0.2, 0.25) is 0 Å². The zero-order valence-electron chi connectivity index (χ0n) is 8.14. The van der Waals surface area contributed by atoms with Crippen LogP contribution in [-0.2, 0) is 4.79 Å². The van der Waals surface area contributed by atoms with Crippen LogP contribution >= 0.6 is 0 Å². The number of carbonyl (C=O) groups excluding carboxylic acids is 1. The Bertz CT molecular complexity index is 475. The summed E-state index contributed by atoms with van der Waals surface area (Å²) in [5.41, 5.74) is 1.57. The summed E-state index contributed by atoms with van der Waals surface area (Å²) in [4.78, 5) is 15.5. The topological polar surface area (TPSA) is 47.3 Å². The number of rotatable bonds is 2. The lowest BCUT2D eigenvalue weighted by molar-refractivity contribution is -0.118. The Morgan fingerprint density at radius 1 is 1.50 bits per heavy atom. The van der Waals surface area contributed by atoms with E-state index in [-0.39, 0.29) is 11.7 Å². The van der Waals surface area contributed by atoms with Gasteiger partial charge < -0.3 is 0 Å². The minimum absolute atomic E-state index is 0.126. The van der Waals surface area contributed by atoms with E-state index in [1.807, 2.05) is 25.3 Å². The fourth-order valence-electron chi connectivity index (χ4n) is 1.28. The molecule has 72 valence electrons. The summed E-state index contributed by atoms with van der Waals surface area (Å²) in [6.07, 6.45) is 3.50. The van der Waals surface area contributed by atoms with Crippen LogP contribution in [0, 0.1) is 0 Å². The van der Waals surface area contributed by atoms with E-state index in [4.69, 9.17) is 0 Å². The van der Waals surface area contributed by atoms with Crippen molar-refractivity contribution in [1.29, 1.82) is 0 Å². The summed E-state index contributed by atoms with van der Waals surface area (Å²) in [5, 5.41) is 4.03. The molecule has 1 unspecified atom stereocenters. The summed E-state index contributed by atoms with van der Waals surface area (Å²) in [7, 11) is 0. The molecule has 2 heterocycles. The van der Waals surface area contributed by atoms with Crippen molar-refractivity contribution >= 4 is 11.4 Å². The lowest BCUT2D eigenvalue weighted by Gasteiger charge is -2.06. The van der Waals surface area contributed by atoms with Crippen LogP contribution < -0.4 is 0 Å². The number of fused-ring (bicyclic) bond motifs is 1. The lowest BCUT2D eigenvalue weighted by Crippen LogP contribution is -2.07. The normalized spacial score (nSPS) is 13.0. The van der Waals surface area contributed by atoms with E-state index < -0.39 is 0 Å². The summed E-state index contributed by atoms with van der Waals surface area (Å²) in [6.45, 7) is 3.43. The van der Waals surface area contributed by atoms with Gasteiger partial charge in [0.05, 0.1) is 17.8 Å². The van der Waals surface area contributed by atoms with Gasteiger partial charge in [-0.15, -0.1) is 0 Å². The Labute approximate surface area is 81.6 Å². The molecule has 0 amide bonds. The maximum atomic E-state index is 11.2. The van der Waals surface area contributed by atoms with Crippen LogP contribution in [-0.4, -0.2) is 20.4 Å². The lowest BCUT2D eigenvalue weighted by atomic mass is 10.0. The van der Waals surface area contributed by atoms with Gasteiger partial charge >= 0.3 is 0 Å². The molecule has 0 N–H and O–H groups in total. The average Bonchev–Trinajstić information content (AvgIpc) is 2.62. The van der Waals surface area contributed by atoms with E-state index in [9.17, 15) is 4.79 Å². The molecule has 0 spiro atoms. The van der Waals surface area contributed by atoms with Crippen molar-refractivity contribution in [2.75, 3.05) is 0 Å². The van der Waals surface area contributed by atoms with E-state index in [1.165, 1.54) is 0 Å². The van der Waals surface area contributed by atoms with E-state index in [0.717, 1.165) is 11.3 Å². The predicted octanol–water partition coefficient (Wildman–Crippen LogP) is 1.42. The van der Waals surface area contributed by atoms with Crippen molar-refractivity contribution < 1.29 is 4.79 Å². The Morgan fingerprint density at radius 3 is 3.00 bits per heavy atom. The van der Waals surface area contributed by atoms with Gasteiger partial charge in [-0.25, -0.2) is 9.50 Å². The molecule has 2 rings (SSSR count). The SMILES string of the molecule is CC(=O)C(C)c1ccn2nccc2n1. The molecule has 0 saturated heterocycles. The molecule has 4 heteroatoms. The maximum absolute atomic E-state index is 11.2. The molecule has 0 aromatic carbocycles. The fourth-order valence-corrected chi connectivity index (χ4v) is 1.28. The first kappa shape index (κ1) is 8.87. The van der Waals surface area contributed by atoms with Gasteiger partial charge in [-0.05, 0) is 19.9 Å².